The lowest BCUT2D eigenvalue weighted by Gasteiger charge is -2.09. The molecule has 0 radical (unpaired) electrons. The highest BCUT2D eigenvalue weighted by Gasteiger charge is 2.12. The zero-order valence-corrected chi connectivity index (χ0v) is 10.9. The lowest BCUT2D eigenvalue weighted by molar-refractivity contribution is -0.121. The minimum absolute atomic E-state index is 0.166. The van der Waals surface area contributed by atoms with Crippen molar-refractivity contribution >= 4 is 5.91 Å². The standard InChI is InChI=1S/C9H12N2O.2C2H6/c1-11-9(12)8(10)7-5-3-2-4-6-7;2*1-2/h2-6,8H,10H2,1H3,(H,11,12);2*1-2H3. The highest BCUT2D eigenvalue weighted by Crippen LogP contribution is 2.08. The number of likely N-dealkylation sites (N-methyl/N-ethyl adjacent to an activating group) is 1. The summed E-state index contributed by atoms with van der Waals surface area (Å²) in [7, 11) is 1.57. The Morgan fingerprint density at radius 3 is 1.94 bits per heavy atom. The van der Waals surface area contributed by atoms with Gasteiger partial charge in [-0.05, 0) is 5.56 Å². The Morgan fingerprint density at radius 2 is 1.56 bits per heavy atom. The largest absolute Gasteiger partial charge is 0.358 e. The van der Waals surface area contributed by atoms with Crippen LogP contribution in [0.3, 0.4) is 0 Å². The molecular formula is C13H24N2O. The Kier molecular flexibility index (Phi) is 12.5. The van der Waals surface area contributed by atoms with Gasteiger partial charge in [0.05, 0.1) is 0 Å². The Hall–Kier alpha value is -1.35. The van der Waals surface area contributed by atoms with Crippen LogP contribution in [-0.4, -0.2) is 13.0 Å². The Morgan fingerprint density at radius 1 is 1.12 bits per heavy atom. The maximum Gasteiger partial charge on any atom is 0.241 e. The van der Waals surface area contributed by atoms with E-state index < -0.39 is 6.04 Å². The van der Waals surface area contributed by atoms with E-state index in [1.807, 2.05) is 58.0 Å². The fourth-order valence-corrected chi connectivity index (χ4v) is 0.967. The maximum absolute atomic E-state index is 11.1. The van der Waals surface area contributed by atoms with Crippen molar-refractivity contribution in [2.75, 3.05) is 7.05 Å². The first kappa shape index (κ1) is 17.1. The number of carbonyl (C=O) groups is 1. The summed E-state index contributed by atoms with van der Waals surface area (Å²) in [6, 6.07) is 8.71. The van der Waals surface area contributed by atoms with Gasteiger partial charge in [0.15, 0.2) is 0 Å². The molecule has 0 saturated carbocycles. The first-order chi connectivity index (χ1) is 7.75. The number of benzene rings is 1. The molecule has 1 unspecified atom stereocenters. The van der Waals surface area contributed by atoms with E-state index in [0.29, 0.717) is 0 Å². The van der Waals surface area contributed by atoms with Crippen LogP contribution < -0.4 is 11.1 Å². The van der Waals surface area contributed by atoms with Crippen molar-refractivity contribution in [2.24, 2.45) is 5.73 Å². The molecule has 0 fully saturated rings. The van der Waals surface area contributed by atoms with E-state index in [1.54, 1.807) is 7.05 Å². The Balaban J connectivity index is 0. The maximum atomic E-state index is 11.1. The molecule has 3 nitrogen and oxygen atoms in total. The number of nitrogens with one attached hydrogen (secondary N) is 1. The van der Waals surface area contributed by atoms with Gasteiger partial charge in [0.1, 0.15) is 6.04 Å². The molecule has 1 atom stereocenters. The third kappa shape index (κ3) is 6.19. The van der Waals surface area contributed by atoms with Crippen LogP contribution in [0.5, 0.6) is 0 Å². The molecule has 92 valence electrons. The molecule has 16 heavy (non-hydrogen) atoms. The molecule has 1 rings (SSSR count). The minimum atomic E-state index is -0.559. The molecule has 0 aliphatic heterocycles. The number of amides is 1. The Bertz CT molecular complexity index is 260. The van der Waals surface area contributed by atoms with Crippen LogP contribution in [0.25, 0.3) is 0 Å². The fraction of sp³-hybridized carbons (Fsp3) is 0.462. The van der Waals surface area contributed by atoms with Crippen molar-refractivity contribution in [1.29, 1.82) is 0 Å². The minimum Gasteiger partial charge on any atom is -0.358 e. The molecule has 0 heterocycles. The van der Waals surface area contributed by atoms with Crippen molar-refractivity contribution in [2.45, 2.75) is 33.7 Å². The van der Waals surface area contributed by atoms with Crippen LogP contribution in [0.1, 0.15) is 39.3 Å². The zero-order chi connectivity index (χ0) is 13.0. The number of carbonyl (C=O) groups excluding carboxylic acids is 1. The normalized spacial score (nSPS) is 9.88. The second kappa shape index (κ2) is 11.7. The molecule has 1 amide bonds. The highest BCUT2D eigenvalue weighted by atomic mass is 16.2. The number of rotatable bonds is 2. The molecule has 1 aromatic rings. The zero-order valence-electron chi connectivity index (χ0n) is 10.9. The average molecular weight is 224 g/mol. The van der Waals surface area contributed by atoms with E-state index in [0.717, 1.165) is 5.56 Å². The quantitative estimate of drug-likeness (QED) is 0.811. The summed E-state index contributed by atoms with van der Waals surface area (Å²) in [6.45, 7) is 8.00. The van der Waals surface area contributed by atoms with Gasteiger partial charge >= 0.3 is 0 Å². The monoisotopic (exact) mass is 224 g/mol. The predicted molar refractivity (Wildman–Crippen MR) is 70.1 cm³/mol. The van der Waals surface area contributed by atoms with Crippen LogP contribution in [-0.2, 0) is 4.79 Å². The Labute approximate surface area is 99.0 Å². The molecule has 0 saturated heterocycles. The summed E-state index contributed by atoms with van der Waals surface area (Å²) < 4.78 is 0. The lowest BCUT2D eigenvalue weighted by Crippen LogP contribution is -2.31. The van der Waals surface area contributed by atoms with Crippen LogP contribution >= 0.6 is 0 Å². The van der Waals surface area contributed by atoms with Gasteiger partial charge in [-0.15, -0.1) is 0 Å². The summed E-state index contributed by atoms with van der Waals surface area (Å²) in [5.74, 6) is -0.166. The van der Waals surface area contributed by atoms with Crippen LogP contribution in [0.2, 0.25) is 0 Å². The molecule has 0 spiro atoms. The fourth-order valence-electron chi connectivity index (χ4n) is 0.967. The summed E-state index contributed by atoms with van der Waals surface area (Å²) in [4.78, 5) is 11.1. The molecule has 3 heteroatoms. The number of hydrogen-bond acceptors (Lipinski definition) is 2. The molecule has 3 N–H and O–H groups in total. The summed E-state index contributed by atoms with van der Waals surface area (Å²) in [6.07, 6.45) is 0. The topological polar surface area (TPSA) is 55.1 Å². The second-order valence-corrected chi connectivity index (χ2v) is 2.50. The van der Waals surface area contributed by atoms with Gasteiger partial charge in [-0.25, -0.2) is 0 Å². The van der Waals surface area contributed by atoms with Crippen molar-refractivity contribution in [3.05, 3.63) is 35.9 Å². The van der Waals surface area contributed by atoms with Crippen LogP contribution in [0.4, 0.5) is 0 Å². The van der Waals surface area contributed by atoms with E-state index in [4.69, 9.17) is 5.73 Å². The van der Waals surface area contributed by atoms with Crippen molar-refractivity contribution in [3.63, 3.8) is 0 Å². The smallest absolute Gasteiger partial charge is 0.241 e. The molecule has 0 aromatic heterocycles. The number of nitrogens with two attached hydrogens (primary N) is 1. The second-order valence-electron chi connectivity index (χ2n) is 2.50. The van der Waals surface area contributed by atoms with Crippen molar-refractivity contribution in [3.8, 4) is 0 Å². The van der Waals surface area contributed by atoms with Gasteiger partial charge in [0, 0.05) is 7.05 Å². The summed E-state index contributed by atoms with van der Waals surface area (Å²) in [5, 5.41) is 2.50. The summed E-state index contributed by atoms with van der Waals surface area (Å²) in [5.41, 5.74) is 6.47. The van der Waals surface area contributed by atoms with Crippen molar-refractivity contribution in [1.82, 2.24) is 5.32 Å². The molecule has 0 aliphatic carbocycles. The number of hydrogen-bond donors (Lipinski definition) is 2. The molecular weight excluding hydrogens is 200 g/mol. The van der Waals surface area contributed by atoms with Gasteiger partial charge in [0.25, 0.3) is 0 Å². The van der Waals surface area contributed by atoms with Gasteiger partial charge in [-0.3, -0.25) is 4.79 Å². The lowest BCUT2D eigenvalue weighted by atomic mass is 10.1. The van der Waals surface area contributed by atoms with Gasteiger partial charge in [0.2, 0.25) is 5.91 Å². The van der Waals surface area contributed by atoms with Gasteiger partial charge in [-0.2, -0.15) is 0 Å². The highest BCUT2D eigenvalue weighted by molar-refractivity contribution is 5.82. The van der Waals surface area contributed by atoms with E-state index in [1.165, 1.54) is 0 Å². The molecule has 1 aromatic carbocycles. The average Bonchev–Trinajstić information content (AvgIpc) is 2.42. The van der Waals surface area contributed by atoms with Gasteiger partial charge in [-0.1, -0.05) is 58.0 Å². The SMILES string of the molecule is CC.CC.CNC(=O)C(N)c1ccccc1. The first-order valence-electron chi connectivity index (χ1n) is 5.78. The van der Waals surface area contributed by atoms with Crippen LogP contribution in [0, 0.1) is 0 Å². The third-order valence-corrected chi connectivity index (χ3v) is 1.69. The third-order valence-electron chi connectivity index (χ3n) is 1.69. The van der Waals surface area contributed by atoms with E-state index in [-0.39, 0.29) is 5.91 Å². The van der Waals surface area contributed by atoms with E-state index in [2.05, 4.69) is 5.32 Å². The van der Waals surface area contributed by atoms with Gasteiger partial charge < -0.3 is 11.1 Å². The molecule has 0 bridgehead atoms. The molecule has 0 aliphatic rings. The first-order valence-corrected chi connectivity index (χ1v) is 5.78. The van der Waals surface area contributed by atoms with E-state index in [9.17, 15) is 4.79 Å². The van der Waals surface area contributed by atoms with Crippen LogP contribution in [0.15, 0.2) is 30.3 Å². The van der Waals surface area contributed by atoms with Crippen molar-refractivity contribution < 1.29 is 4.79 Å². The van der Waals surface area contributed by atoms with E-state index >= 15 is 0 Å². The predicted octanol–water partition coefficient (Wildman–Crippen LogP) is 2.48. The summed E-state index contributed by atoms with van der Waals surface area (Å²) >= 11 is 0.